The van der Waals surface area contributed by atoms with Gasteiger partial charge in [0.15, 0.2) is 0 Å². The molecule has 0 fully saturated rings. The van der Waals surface area contributed by atoms with Gasteiger partial charge in [0.1, 0.15) is 7.85 Å². The van der Waals surface area contributed by atoms with E-state index >= 15 is 0 Å². The zero-order chi connectivity index (χ0) is 20.0. The first-order valence-corrected chi connectivity index (χ1v) is 9.89. The highest BCUT2D eigenvalue weighted by molar-refractivity contribution is 6.16. The molecule has 0 aliphatic rings. The number of hydrogen-bond donors (Lipinski definition) is 0. The van der Waals surface area contributed by atoms with Gasteiger partial charge in [-0.2, -0.15) is 0 Å². The molecule has 26 heavy (non-hydrogen) atoms. The standard InChI is InChI=1S/C25H37B/c1-18-10-12-19(13-11-18)23(5,6)24(7,8)20-14-16-21(17-15-20)25(9,26)22(2,3)4/h10-17H,26H2,1-9H3. The second kappa shape index (κ2) is 6.59. The number of aryl methyl sites for hydroxylation is 1. The molecule has 0 N–H and O–H groups in total. The minimum atomic E-state index is 0.0344. The molecule has 0 aromatic heterocycles. The van der Waals surface area contributed by atoms with Gasteiger partial charge in [0.25, 0.3) is 0 Å². The molecular weight excluding hydrogens is 311 g/mol. The molecule has 2 aromatic rings. The molecule has 0 amide bonds. The van der Waals surface area contributed by atoms with Crippen LogP contribution in [-0.4, -0.2) is 7.85 Å². The van der Waals surface area contributed by atoms with Crippen LogP contribution in [-0.2, 0) is 16.1 Å². The molecule has 2 aromatic carbocycles. The number of hydrogen-bond acceptors (Lipinski definition) is 0. The van der Waals surface area contributed by atoms with Crippen LogP contribution in [0.5, 0.6) is 0 Å². The van der Waals surface area contributed by atoms with E-state index in [4.69, 9.17) is 0 Å². The molecule has 1 atom stereocenters. The van der Waals surface area contributed by atoms with Gasteiger partial charge in [-0.15, -0.1) is 0 Å². The highest BCUT2D eigenvalue weighted by atomic mass is 14.4. The van der Waals surface area contributed by atoms with Gasteiger partial charge in [-0.25, -0.2) is 0 Å². The lowest BCUT2D eigenvalue weighted by Crippen LogP contribution is -2.41. The Balaban J connectivity index is 2.42. The van der Waals surface area contributed by atoms with Gasteiger partial charge < -0.3 is 0 Å². The van der Waals surface area contributed by atoms with E-state index in [0.29, 0.717) is 0 Å². The average Bonchev–Trinajstić information content (AvgIpc) is 2.54. The maximum atomic E-state index is 2.37. The molecule has 2 rings (SSSR count). The van der Waals surface area contributed by atoms with Crippen molar-refractivity contribution in [1.82, 2.24) is 0 Å². The van der Waals surface area contributed by atoms with Crippen LogP contribution in [0.2, 0.25) is 0 Å². The maximum absolute atomic E-state index is 2.37. The number of benzene rings is 2. The van der Waals surface area contributed by atoms with Crippen LogP contribution in [0, 0.1) is 12.3 Å². The minimum absolute atomic E-state index is 0.0344. The first-order valence-electron chi connectivity index (χ1n) is 9.89. The third kappa shape index (κ3) is 3.50. The Bertz CT molecular complexity index is 738. The summed E-state index contributed by atoms with van der Waals surface area (Å²) in [5, 5.41) is 0.141. The fraction of sp³-hybridized carbons (Fsp3) is 0.520. The smallest absolute Gasteiger partial charge is 0.0625 e. The quantitative estimate of drug-likeness (QED) is 0.582. The van der Waals surface area contributed by atoms with Crippen molar-refractivity contribution >= 4 is 7.85 Å². The lowest BCUT2D eigenvalue weighted by atomic mass is 9.52. The molecule has 0 saturated carbocycles. The van der Waals surface area contributed by atoms with E-state index < -0.39 is 0 Å². The van der Waals surface area contributed by atoms with Crippen LogP contribution < -0.4 is 0 Å². The zero-order valence-electron chi connectivity index (χ0n) is 18.6. The monoisotopic (exact) mass is 348 g/mol. The predicted octanol–water partition coefficient (Wildman–Crippen LogP) is 6.14. The van der Waals surface area contributed by atoms with Gasteiger partial charge in [-0.1, -0.05) is 109 Å². The van der Waals surface area contributed by atoms with Crippen molar-refractivity contribution in [1.29, 1.82) is 0 Å². The lowest BCUT2D eigenvalue weighted by Gasteiger charge is -2.44. The van der Waals surface area contributed by atoms with E-state index in [9.17, 15) is 0 Å². The van der Waals surface area contributed by atoms with Gasteiger partial charge in [-0.3, -0.25) is 0 Å². The first-order chi connectivity index (χ1) is 11.7. The largest absolute Gasteiger partial charge is 0.115 e. The molecule has 1 unspecified atom stereocenters. The van der Waals surface area contributed by atoms with Crippen molar-refractivity contribution in [2.24, 2.45) is 5.41 Å². The summed E-state index contributed by atoms with van der Waals surface area (Å²) in [6.07, 6.45) is 0. The topological polar surface area (TPSA) is 0 Å². The normalized spacial score (nSPS) is 15.6. The molecule has 0 aliphatic heterocycles. The first kappa shape index (κ1) is 20.8. The number of rotatable bonds is 4. The molecule has 0 aliphatic carbocycles. The fourth-order valence-electron chi connectivity index (χ4n) is 3.43. The van der Waals surface area contributed by atoms with Gasteiger partial charge in [0.05, 0.1) is 0 Å². The summed E-state index contributed by atoms with van der Waals surface area (Å²) in [7, 11) is 2.35. The Hall–Kier alpha value is -1.50. The SMILES string of the molecule is BC(C)(c1ccc(C(C)(C)C(C)(C)c2ccc(C)cc2)cc1)C(C)(C)C. The summed E-state index contributed by atoms with van der Waals surface area (Å²) < 4.78 is 0. The second-order valence-electron chi connectivity index (χ2n) is 10.6. The molecule has 0 bridgehead atoms. The van der Waals surface area contributed by atoms with Crippen molar-refractivity contribution in [3.05, 3.63) is 70.8 Å². The molecule has 0 nitrogen and oxygen atoms in total. The van der Waals surface area contributed by atoms with Gasteiger partial charge in [-0.05, 0) is 45.2 Å². The summed E-state index contributed by atoms with van der Waals surface area (Å²) in [6, 6.07) is 18.4. The average molecular weight is 348 g/mol. The maximum Gasteiger partial charge on any atom is 0.115 e. The van der Waals surface area contributed by atoms with Crippen LogP contribution in [0.25, 0.3) is 0 Å². The molecule has 0 heterocycles. The third-order valence-corrected chi connectivity index (χ3v) is 7.54. The molecule has 1 heteroatoms. The minimum Gasteiger partial charge on any atom is -0.0625 e. The van der Waals surface area contributed by atoms with Crippen LogP contribution in [0.1, 0.15) is 77.6 Å². The third-order valence-electron chi connectivity index (χ3n) is 7.54. The van der Waals surface area contributed by atoms with E-state index in [2.05, 4.69) is 119 Å². The highest BCUT2D eigenvalue weighted by Gasteiger charge is 2.40. The molecule has 140 valence electrons. The van der Waals surface area contributed by atoms with Crippen molar-refractivity contribution in [2.75, 3.05) is 0 Å². The zero-order valence-corrected chi connectivity index (χ0v) is 18.6. The lowest BCUT2D eigenvalue weighted by molar-refractivity contribution is 0.293. The molecule has 0 spiro atoms. The molecule has 0 radical (unpaired) electrons. The van der Waals surface area contributed by atoms with Crippen molar-refractivity contribution in [2.45, 2.75) is 78.5 Å². The van der Waals surface area contributed by atoms with Gasteiger partial charge in [0, 0.05) is 0 Å². The van der Waals surface area contributed by atoms with Crippen LogP contribution in [0.4, 0.5) is 0 Å². The summed E-state index contributed by atoms with van der Waals surface area (Å²) in [6.45, 7) is 21.0. The summed E-state index contributed by atoms with van der Waals surface area (Å²) in [5.74, 6) is 0. The van der Waals surface area contributed by atoms with Crippen LogP contribution in [0.15, 0.2) is 48.5 Å². The van der Waals surface area contributed by atoms with E-state index in [0.717, 1.165) is 0 Å². The van der Waals surface area contributed by atoms with Crippen molar-refractivity contribution in [3.63, 3.8) is 0 Å². The Kier molecular flexibility index (Phi) is 5.27. The highest BCUT2D eigenvalue weighted by Crippen LogP contribution is 2.45. The summed E-state index contributed by atoms with van der Waals surface area (Å²) in [5.41, 5.74) is 5.83. The van der Waals surface area contributed by atoms with E-state index in [-0.39, 0.29) is 21.6 Å². The predicted molar refractivity (Wildman–Crippen MR) is 119 cm³/mol. The van der Waals surface area contributed by atoms with Crippen LogP contribution in [0.3, 0.4) is 0 Å². The van der Waals surface area contributed by atoms with Gasteiger partial charge in [0.2, 0.25) is 0 Å². The van der Waals surface area contributed by atoms with Crippen molar-refractivity contribution < 1.29 is 0 Å². The van der Waals surface area contributed by atoms with E-state index in [1.54, 1.807) is 0 Å². The molecular formula is C25H37B. The summed E-state index contributed by atoms with van der Waals surface area (Å²) >= 11 is 0. The van der Waals surface area contributed by atoms with Gasteiger partial charge >= 0.3 is 0 Å². The van der Waals surface area contributed by atoms with E-state index in [1.807, 2.05) is 0 Å². The Morgan fingerprint density at radius 1 is 0.538 bits per heavy atom. The Morgan fingerprint density at radius 3 is 1.19 bits per heavy atom. The second-order valence-corrected chi connectivity index (χ2v) is 10.6. The van der Waals surface area contributed by atoms with E-state index in [1.165, 1.54) is 22.3 Å². The fourth-order valence-corrected chi connectivity index (χ4v) is 3.43. The van der Waals surface area contributed by atoms with Crippen LogP contribution >= 0.6 is 0 Å². The Morgan fingerprint density at radius 2 is 0.846 bits per heavy atom. The van der Waals surface area contributed by atoms with Crippen molar-refractivity contribution in [3.8, 4) is 0 Å². The summed E-state index contributed by atoms with van der Waals surface area (Å²) in [4.78, 5) is 0. The molecule has 0 saturated heterocycles. The Labute approximate surface area is 162 Å².